The first-order chi connectivity index (χ1) is 12.1. The maximum Gasteiger partial charge on any atom is 0.237 e. The minimum Gasteiger partial charge on any atom is -0.508 e. The number of hydrogen-bond acceptors (Lipinski definition) is 5. The topological polar surface area (TPSA) is 83.5 Å². The Bertz CT molecular complexity index is 984. The van der Waals surface area contributed by atoms with Gasteiger partial charge in [-0.05, 0) is 41.4 Å². The fourth-order valence-corrected chi connectivity index (χ4v) is 2.46. The van der Waals surface area contributed by atoms with Crippen molar-refractivity contribution in [2.45, 2.75) is 0 Å². The third kappa shape index (κ3) is 3.70. The van der Waals surface area contributed by atoms with E-state index in [1.807, 2.05) is 30.3 Å². The SMILES string of the molecule is C/N=c1/ccc(Oc2ccc(O)cc2-c2ccccc2)nn1C(=N)Cl. The summed E-state index contributed by atoms with van der Waals surface area (Å²) in [5.41, 5.74) is 2.05. The molecule has 3 aromatic rings. The molecule has 2 N–H and O–H groups in total. The van der Waals surface area contributed by atoms with Crippen LogP contribution in [0.1, 0.15) is 0 Å². The van der Waals surface area contributed by atoms with Crippen molar-refractivity contribution < 1.29 is 9.84 Å². The van der Waals surface area contributed by atoms with Crippen LogP contribution < -0.4 is 10.2 Å². The van der Waals surface area contributed by atoms with Gasteiger partial charge in [-0.2, -0.15) is 4.68 Å². The zero-order chi connectivity index (χ0) is 17.8. The second kappa shape index (κ2) is 7.19. The van der Waals surface area contributed by atoms with Crippen LogP contribution >= 0.6 is 11.6 Å². The number of nitrogens with zero attached hydrogens (tertiary/aromatic N) is 3. The molecule has 0 aliphatic carbocycles. The molecule has 1 heterocycles. The first kappa shape index (κ1) is 16.7. The summed E-state index contributed by atoms with van der Waals surface area (Å²) in [7, 11) is 1.58. The number of ether oxygens (including phenoxy) is 1. The van der Waals surface area contributed by atoms with Gasteiger partial charge in [-0.15, -0.1) is 5.10 Å². The number of halogens is 1. The zero-order valence-electron chi connectivity index (χ0n) is 13.3. The molecule has 3 rings (SSSR count). The van der Waals surface area contributed by atoms with Crippen LogP contribution in [0.3, 0.4) is 0 Å². The molecule has 0 fully saturated rings. The molecule has 0 aliphatic heterocycles. The molecule has 0 bridgehead atoms. The first-order valence-corrected chi connectivity index (χ1v) is 7.80. The van der Waals surface area contributed by atoms with E-state index in [0.29, 0.717) is 11.2 Å². The molecule has 0 spiro atoms. The molecular formula is C18H15ClN4O2. The van der Waals surface area contributed by atoms with E-state index in [2.05, 4.69) is 10.1 Å². The number of phenols is 1. The van der Waals surface area contributed by atoms with E-state index in [9.17, 15) is 5.11 Å². The van der Waals surface area contributed by atoms with E-state index in [1.54, 1.807) is 31.3 Å². The van der Waals surface area contributed by atoms with E-state index >= 15 is 0 Å². The first-order valence-electron chi connectivity index (χ1n) is 7.42. The number of aromatic nitrogens is 2. The van der Waals surface area contributed by atoms with E-state index in [0.717, 1.165) is 11.1 Å². The Kier molecular flexibility index (Phi) is 4.81. The van der Waals surface area contributed by atoms with E-state index in [1.165, 1.54) is 10.7 Å². The predicted molar refractivity (Wildman–Crippen MR) is 96.3 cm³/mol. The highest BCUT2D eigenvalue weighted by molar-refractivity contribution is 6.64. The maximum atomic E-state index is 9.82. The van der Waals surface area contributed by atoms with Crippen molar-refractivity contribution in [2.75, 3.05) is 7.05 Å². The van der Waals surface area contributed by atoms with Crippen molar-refractivity contribution in [1.82, 2.24) is 9.78 Å². The number of benzene rings is 2. The van der Waals surface area contributed by atoms with Gasteiger partial charge in [0.1, 0.15) is 11.5 Å². The Hall–Kier alpha value is -3.12. The zero-order valence-corrected chi connectivity index (χ0v) is 14.1. The van der Waals surface area contributed by atoms with Crippen molar-refractivity contribution in [3.05, 3.63) is 66.2 Å². The average Bonchev–Trinajstić information content (AvgIpc) is 2.63. The summed E-state index contributed by atoms with van der Waals surface area (Å²) in [6.07, 6.45) is 0. The Labute approximate surface area is 149 Å². The van der Waals surface area contributed by atoms with Crippen LogP contribution in [0.25, 0.3) is 11.1 Å². The monoisotopic (exact) mass is 354 g/mol. The second-order valence-electron chi connectivity index (χ2n) is 5.10. The Balaban J connectivity index is 2.05. The number of rotatable bonds is 3. The third-order valence-corrected chi connectivity index (χ3v) is 3.63. The largest absolute Gasteiger partial charge is 0.508 e. The summed E-state index contributed by atoms with van der Waals surface area (Å²) in [6, 6.07) is 17.7. The van der Waals surface area contributed by atoms with Gasteiger partial charge in [-0.1, -0.05) is 30.3 Å². The van der Waals surface area contributed by atoms with Crippen LogP contribution in [0.15, 0.2) is 65.7 Å². The summed E-state index contributed by atoms with van der Waals surface area (Å²) in [5.74, 6) is 0.905. The minimum atomic E-state index is -0.292. The summed E-state index contributed by atoms with van der Waals surface area (Å²) in [6.45, 7) is 0. The molecule has 1 aromatic heterocycles. The average molecular weight is 355 g/mol. The summed E-state index contributed by atoms with van der Waals surface area (Å²) in [5, 5.41) is 21.3. The van der Waals surface area contributed by atoms with Crippen molar-refractivity contribution in [3.8, 4) is 28.5 Å². The Morgan fingerprint density at radius 3 is 2.60 bits per heavy atom. The smallest absolute Gasteiger partial charge is 0.237 e. The fourth-order valence-electron chi connectivity index (χ4n) is 2.33. The van der Waals surface area contributed by atoms with Crippen LogP contribution in [0.2, 0.25) is 0 Å². The molecule has 6 nitrogen and oxygen atoms in total. The Morgan fingerprint density at radius 2 is 1.92 bits per heavy atom. The van der Waals surface area contributed by atoms with Gasteiger partial charge in [0.25, 0.3) is 0 Å². The van der Waals surface area contributed by atoms with Crippen LogP contribution in [-0.2, 0) is 0 Å². The molecule has 25 heavy (non-hydrogen) atoms. The summed E-state index contributed by atoms with van der Waals surface area (Å²) >= 11 is 5.75. The van der Waals surface area contributed by atoms with Gasteiger partial charge in [0.05, 0.1) is 0 Å². The van der Waals surface area contributed by atoms with Crippen molar-refractivity contribution in [1.29, 1.82) is 5.41 Å². The number of hydrogen-bond donors (Lipinski definition) is 2. The summed E-state index contributed by atoms with van der Waals surface area (Å²) in [4.78, 5) is 4.00. The molecule has 126 valence electrons. The molecule has 0 atom stereocenters. The van der Waals surface area contributed by atoms with Gasteiger partial charge >= 0.3 is 0 Å². The molecular weight excluding hydrogens is 340 g/mol. The van der Waals surface area contributed by atoms with Crippen LogP contribution in [0.4, 0.5) is 0 Å². The maximum absolute atomic E-state index is 9.82. The number of phenolic OH excluding ortho intramolecular Hbond substituents is 1. The molecule has 0 unspecified atom stereocenters. The number of nitrogens with one attached hydrogen (secondary N) is 1. The van der Waals surface area contributed by atoms with Crippen molar-refractivity contribution in [2.24, 2.45) is 4.99 Å². The van der Waals surface area contributed by atoms with Gasteiger partial charge in [-0.25, -0.2) is 0 Å². The normalized spacial score (nSPS) is 11.4. The quantitative estimate of drug-likeness (QED) is 0.556. The molecule has 0 radical (unpaired) electrons. The lowest BCUT2D eigenvalue weighted by molar-refractivity contribution is 0.445. The van der Waals surface area contributed by atoms with Crippen molar-refractivity contribution in [3.63, 3.8) is 0 Å². The van der Waals surface area contributed by atoms with Crippen LogP contribution in [0, 0.1) is 5.41 Å². The van der Waals surface area contributed by atoms with Gasteiger partial charge in [0.15, 0.2) is 5.49 Å². The predicted octanol–water partition coefficient (Wildman–Crippen LogP) is 3.60. The van der Waals surface area contributed by atoms with E-state index in [-0.39, 0.29) is 16.9 Å². The molecule has 0 amide bonds. The third-order valence-electron chi connectivity index (χ3n) is 3.47. The molecule has 7 heteroatoms. The standard InChI is InChI=1S/C18H15ClN4O2/c1-21-16-9-10-17(22-23(16)18(19)20)25-15-8-7-13(24)11-14(15)12-5-3-2-4-6-12/h2-11,20,24H,1H3/b20-18?,21-16-. The summed E-state index contributed by atoms with van der Waals surface area (Å²) < 4.78 is 7.04. The highest BCUT2D eigenvalue weighted by Crippen LogP contribution is 2.35. The van der Waals surface area contributed by atoms with Crippen LogP contribution in [0.5, 0.6) is 17.4 Å². The van der Waals surface area contributed by atoms with Crippen LogP contribution in [-0.4, -0.2) is 27.2 Å². The lowest BCUT2D eigenvalue weighted by atomic mass is 10.0. The van der Waals surface area contributed by atoms with E-state index in [4.69, 9.17) is 21.7 Å². The number of aromatic hydroxyl groups is 1. The fraction of sp³-hybridized carbons (Fsp3) is 0.0556. The molecule has 0 aliphatic rings. The van der Waals surface area contributed by atoms with E-state index < -0.39 is 0 Å². The van der Waals surface area contributed by atoms with Gasteiger partial charge in [0, 0.05) is 18.7 Å². The molecule has 0 saturated carbocycles. The second-order valence-corrected chi connectivity index (χ2v) is 5.46. The van der Waals surface area contributed by atoms with Gasteiger partial charge < -0.3 is 9.84 Å². The minimum absolute atomic E-state index is 0.136. The van der Waals surface area contributed by atoms with Gasteiger partial charge in [0.2, 0.25) is 11.2 Å². The highest BCUT2D eigenvalue weighted by atomic mass is 35.5. The lowest BCUT2D eigenvalue weighted by Gasteiger charge is -2.12. The Morgan fingerprint density at radius 1 is 1.16 bits per heavy atom. The van der Waals surface area contributed by atoms with Crippen molar-refractivity contribution >= 4 is 16.9 Å². The molecule has 2 aromatic carbocycles. The molecule has 0 saturated heterocycles. The van der Waals surface area contributed by atoms with Gasteiger partial charge in [-0.3, -0.25) is 10.4 Å². The lowest BCUT2D eigenvalue weighted by Crippen LogP contribution is -2.26. The highest BCUT2D eigenvalue weighted by Gasteiger charge is 2.11.